The van der Waals surface area contributed by atoms with E-state index in [1.807, 2.05) is 0 Å². The van der Waals surface area contributed by atoms with E-state index in [4.69, 9.17) is 0 Å². The number of halogens is 3. The van der Waals surface area contributed by atoms with Crippen LogP contribution < -0.4 is 5.32 Å². The summed E-state index contributed by atoms with van der Waals surface area (Å²) in [5, 5.41) is 2.64. The Labute approximate surface area is 102 Å². The van der Waals surface area contributed by atoms with Crippen molar-refractivity contribution in [1.82, 2.24) is 10.2 Å². The molecule has 0 aromatic heterocycles. The zero-order chi connectivity index (χ0) is 13.1. The van der Waals surface area contributed by atoms with Crippen molar-refractivity contribution in [2.24, 2.45) is 5.92 Å². The lowest BCUT2D eigenvalue weighted by atomic mass is 9.91. The van der Waals surface area contributed by atoms with Crippen LogP contribution in [0.1, 0.15) is 33.6 Å². The molecular weight excluding hydrogens is 229 g/mol. The van der Waals surface area contributed by atoms with E-state index < -0.39 is 12.7 Å². The summed E-state index contributed by atoms with van der Waals surface area (Å²) < 4.78 is 36.5. The number of nitrogens with one attached hydrogen (secondary N) is 1. The first-order valence-electron chi connectivity index (χ1n) is 6.36. The fraction of sp³-hybridized carbons (Fsp3) is 1.00. The van der Waals surface area contributed by atoms with Crippen molar-refractivity contribution in [3.8, 4) is 0 Å². The molecule has 102 valence electrons. The first-order chi connectivity index (χ1) is 7.81. The van der Waals surface area contributed by atoms with Crippen molar-refractivity contribution in [2.45, 2.75) is 51.9 Å². The molecule has 0 spiro atoms. The van der Waals surface area contributed by atoms with Gasteiger partial charge in [-0.1, -0.05) is 13.3 Å². The lowest BCUT2D eigenvalue weighted by molar-refractivity contribution is -0.127. The molecule has 1 aliphatic heterocycles. The van der Waals surface area contributed by atoms with E-state index in [9.17, 15) is 13.2 Å². The smallest absolute Gasteiger partial charge is 0.305 e. The largest absolute Gasteiger partial charge is 0.401 e. The number of hydrogen-bond acceptors (Lipinski definition) is 2. The van der Waals surface area contributed by atoms with Crippen LogP contribution in [0.2, 0.25) is 0 Å². The van der Waals surface area contributed by atoms with Crippen LogP contribution in [-0.2, 0) is 0 Å². The maximum absolute atomic E-state index is 12.2. The van der Waals surface area contributed by atoms with Crippen LogP contribution in [0.4, 0.5) is 13.2 Å². The predicted octanol–water partition coefficient (Wildman–Crippen LogP) is 2.65. The maximum Gasteiger partial charge on any atom is 0.401 e. The highest BCUT2D eigenvalue weighted by Gasteiger charge is 2.32. The van der Waals surface area contributed by atoms with Crippen molar-refractivity contribution in [3.05, 3.63) is 0 Å². The minimum absolute atomic E-state index is 0.0299. The Balaban J connectivity index is 2.48. The molecule has 2 unspecified atom stereocenters. The van der Waals surface area contributed by atoms with Gasteiger partial charge in [-0.2, -0.15) is 13.2 Å². The highest BCUT2D eigenvalue weighted by atomic mass is 19.4. The Kier molecular flexibility index (Phi) is 5.25. The second kappa shape index (κ2) is 6.05. The summed E-state index contributed by atoms with van der Waals surface area (Å²) in [4.78, 5) is 2.27. The molecule has 0 amide bonds. The van der Waals surface area contributed by atoms with Gasteiger partial charge < -0.3 is 5.32 Å². The number of hydrogen-bond donors (Lipinski definition) is 1. The van der Waals surface area contributed by atoms with Gasteiger partial charge in [-0.15, -0.1) is 0 Å². The van der Waals surface area contributed by atoms with Crippen LogP contribution in [0.3, 0.4) is 0 Å². The third kappa shape index (κ3) is 5.25. The maximum atomic E-state index is 12.2. The molecular formula is C12H23F3N2. The number of nitrogens with zero attached hydrogens (tertiary/aromatic N) is 1. The van der Waals surface area contributed by atoms with E-state index in [0.717, 1.165) is 25.9 Å². The zero-order valence-electron chi connectivity index (χ0n) is 10.8. The molecule has 2 atom stereocenters. The lowest BCUT2D eigenvalue weighted by Gasteiger charge is -2.40. The van der Waals surface area contributed by atoms with Gasteiger partial charge in [-0.3, -0.25) is 4.90 Å². The molecule has 5 heteroatoms. The van der Waals surface area contributed by atoms with Gasteiger partial charge in [0.1, 0.15) is 0 Å². The topological polar surface area (TPSA) is 15.3 Å². The number of alkyl halides is 3. The third-order valence-electron chi connectivity index (χ3n) is 3.46. The van der Waals surface area contributed by atoms with Crippen LogP contribution >= 0.6 is 0 Å². The second-order valence-electron chi connectivity index (χ2n) is 5.25. The van der Waals surface area contributed by atoms with Gasteiger partial charge in [0.05, 0.1) is 6.54 Å². The van der Waals surface area contributed by atoms with Crippen molar-refractivity contribution >= 4 is 0 Å². The first kappa shape index (κ1) is 14.8. The number of piperidine rings is 1. The van der Waals surface area contributed by atoms with Gasteiger partial charge in [0.25, 0.3) is 0 Å². The summed E-state index contributed by atoms with van der Waals surface area (Å²) in [6.45, 7) is 7.16. The van der Waals surface area contributed by atoms with Crippen LogP contribution in [0.15, 0.2) is 0 Å². The summed E-state index contributed by atoms with van der Waals surface area (Å²) in [7, 11) is 0. The molecule has 2 nitrogen and oxygen atoms in total. The number of rotatable bonds is 4. The Hall–Kier alpha value is -0.290. The van der Waals surface area contributed by atoms with Gasteiger partial charge in [-0.25, -0.2) is 0 Å². The van der Waals surface area contributed by atoms with E-state index in [0.29, 0.717) is 12.0 Å². The molecule has 1 saturated heterocycles. The Morgan fingerprint density at radius 3 is 2.41 bits per heavy atom. The van der Waals surface area contributed by atoms with Gasteiger partial charge >= 0.3 is 6.18 Å². The molecule has 1 N–H and O–H groups in total. The highest BCUT2D eigenvalue weighted by molar-refractivity contribution is 4.85. The van der Waals surface area contributed by atoms with Gasteiger partial charge in [-0.05, 0) is 26.2 Å². The summed E-state index contributed by atoms with van der Waals surface area (Å²) in [5.74, 6) is 0.511. The Morgan fingerprint density at radius 2 is 1.94 bits per heavy atom. The lowest BCUT2D eigenvalue weighted by Crippen LogP contribution is -2.52. The van der Waals surface area contributed by atoms with Gasteiger partial charge in [0, 0.05) is 25.2 Å². The molecule has 0 aliphatic carbocycles. The van der Waals surface area contributed by atoms with Crippen LogP contribution in [0.5, 0.6) is 0 Å². The van der Waals surface area contributed by atoms with Crippen LogP contribution in [0.25, 0.3) is 0 Å². The average Bonchev–Trinajstić information content (AvgIpc) is 2.25. The Morgan fingerprint density at radius 1 is 1.29 bits per heavy atom. The minimum atomic E-state index is -4.11. The molecule has 0 radical (unpaired) electrons. The molecule has 1 rings (SSSR count). The van der Waals surface area contributed by atoms with Crippen LogP contribution in [-0.4, -0.2) is 42.8 Å². The van der Waals surface area contributed by atoms with Crippen molar-refractivity contribution in [3.63, 3.8) is 0 Å². The summed E-state index contributed by atoms with van der Waals surface area (Å²) in [6, 6.07) is 0.372. The minimum Gasteiger partial charge on any atom is -0.305 e. The fourth-order valence-electron chi connectivity index (χ4n) is 2.37. The van der Waals surface area contributed by atoms with Gasteiger partial charge in [0.15, 0.2) is 0 Å². The predicted molar refractivity (Wildman–Crippen MR) is 63.0 cm³/mol. The highest BCUT2D eigenvalue weighted by Crippen LogP contribution is 2.22. The van der Waals surface area contributed by atoms with Crippen molar-refractivity contribution in [2.75, 3.05) is 19.6 Å². The molecule has 0 aromatic rings. The average molecular weight is 252 g/mol. The second-order valence-corrected chi connectivity index (χ2v) is 5.25. The monoisotopic (exact) mass is 252 g/mol. The molecule has 0 bridgehead atoms. The van der Waals surface area contributed by atoms with Gasteiger partial charge in [0.2, 0.25) is 0 Å². The third-order valence-corrected chi connectivity index (χ3v) is 3.46. The molecule has 0 saturated carbocycles. The molecule has 17 heavy (non-hydrogen) atoms. The Bertz CT molecular complexity index is 228. The molecule has 1 aliphatic rings. The molecule has 1 fully saturated rings. The quantitative estimate of drug-likeness (QED) is 0.827. The van der Waals surface area contributed by atoms with E-state index in [2.05, 4.69) is 31.0 Å². The summed E-state index contributed by atoms with van der Waals surface area (Å²) in [5.41, 5.74) is 0. The summed E-state index contributed by atoms with van der Waals surface area (Å²) in [6.07, 6.45) is -2.22. The van der Waals surface area contributed by atoms with Crippen molar-refractivity contribution in [1.29, 1.82) is 0 Å². The SMILES string of the molecule is CCC1CC(NCC(F)(F)F)CN(C(C)C)C1. The standard InChI is InChI=1S/C12H23F3N2/c1-4-10-5-11(16-8-12(13,14)15)7-17(6-10)9(2)3/h9-11,16H,4-8H2,1-3H3. The van der Waals surface area contributed by atoms with E-state index in [-0.39, 0.29) is 6.04 Å². The van der Waals surface area contributed by atoms with E-state index in [1.54, 1.807) is 0 Å². The van der Waals surface area contributed by atoms with Crippen LogP contribution in [0, 0.1) is 5.92 Å². The fourth-order valence-corrected chi connectivity index (χ4v) is 2.37. The number of likely N-dealkylation sites (tertiary alicyclic amines) is 1. The van der Waals surface area contributed by atoms with Crippen molar-refractivity contribution < 1.29 is 13.2 Å². The molecule has 1 heterocycles. The van der Waals surface area contributed by atoms with E-state index in [1.165, 1.54) is 0 Å². The first-order valence-corrected chi connectivity index (χ1v) is 6.36. The zero-order valence-corrected chi connectivity index (χ0v) is 10.8. The van der Waals surface area contributed by atoms with E-state index >= 15 is 0 Å². The normalized spacial score (nSPS) is 27.7. The summed E-state index contributed by atoms with van der Waals surface area (Å²) >= 11 is 0. The molecule has 0 aromatic carbocycles.